The summed E-state index contributed by atoms with van der Waals surface area (Å²) in [6.45, 7) is 0. The zero-order valence-electron chi connectivity index (χ0n) is 15.4. The van der Waals surface area contributed by atoms with E-state index in [2.05, 4.69) is 120 Å². The molecule has 1 aliphatic heterocycles. The second kappa shape index (κ2) is 6.82. The Balaban J connectivity index is 1.87. The second-order valence-corrected chi connectivity index (χ2v) is 6.89. The van der Waals surface area contributed by atoms with Gasteiger partial charge in [-0.05, 0) is 18.2 Å². The lowest BCUT2D eigenvalue weighted by Crippen LogP contribution is -2.45. The van der Waals surface area contributed by atoms with Gasteiger partial charge in [-0.3, -0.25) is 4.99 Å². The van der Waals surface area contributed by atoms with Crippen molar-refractivity contribution in [2.45, 2.75) is 5.66 Å². The minimum atomic E-state index is -0.668. The molecule has 0 unspecified atom stereocenters. The Morgan fingerprint density at radius 2 is 1.04 bits per heavy atom. The van der Waals surface area contributed by atoms with Crippen LogP contribution in [0.1, 0.15) is 16.7 Å². The van der Waals surface area contributed by atoms with Gasteiger partial charge in [0, 0.05) is 28.6 Å². The van der Waals surface area contributed by atoms with Crippen LogP contribution >= 0.6 is 0 Å². The summed E-state index contributed by atoms with van der Waals surface area (Å²) >= 11 is 0. The second-order valence-electron chi connectivity index (χ2n) is 6.89. The summed E-state index contributed by atoms with van der Waals surface area (Å²) in [6, 6.07) is 40.0. The minimum absolute atomic E-state index is 0.668. The van der Waals surface area contributed by atoms with E-state index in [0.29, 0.717) is 0 Å². The van der Waals surface area contributed by atoms with Gasteiger partial charge in [-0.25, -0.2) is 0 Å². The van der Waals surface area contributed by atoms with Gasteiger partial charge in [0.1, 0.15) is 0 Å². The third kappa shape index (κ3) is 2.54. The Hall–Kier alpha value is -3.65. The fourth-order valence-corrected chi connectivity index (χ4v) is 4.01. The molecule has 0 radical (unpaired) electrons. The van der Waals surface area contributed by atoms with Crippen molar-refractivity contribution in [3.05, 3.63) is 132 Å². The number of aliphatic imine (C=N–C) groups is 1. The first-order valence-corrected chi connectivity index (χ1v) is 9.50. The van der Waals surface area contributed by atoms with Crippen LogP contribution in [0, 0.1) is 0 Å². The molecule has 2 heteroatoms. The number of para-hydroxylation sites is 2. The number of benzene rings is 4. The summed E-state index contributed by atoms with van der Waals surface area (Å²) in [7, 11) is 0. The zero-order chi connectivity index (χ0) is 18.8. The smallest absolute Gasteiger partial charge is 0.188 e. The Morgan fingerprint density at radius 3 is 1.64 bits per heavy atom. The molecular formula is C26H20N2. The molecule has 28 heavy (non-hydrogen) atoms. The normalized spacial score (nSPS) is 14.5. The number of nitrogens with zero attached hydrogens (tertiary/aromatic N) is 2. The van der Waals surface area contributed by atoms with E-state index >= 15 is 0 Å². The Bertz CT molecular complexity index is 1060. The predicted octanol–water partition coefficient (Wildman–Crippen LogP) is 6.16. The van der Waals surface area contributed by atoms with Crippen LogP contribution in [0.4, 0.5) is 11.4 Å². The van der Waals surface area contributed by atoms with Gasteiger partial charge in [-0.15, -0.1) is 0 Å². The fraction of sp³-hybridized carbons (Fsp3) is 0.0385. The molecule has 0 aliphatic carbocycles. The van der Waals surface area contributed by atoms with Crippen LogP contribution < -0.4 is 4.90 Å². The number of hydrogen-bond acceptors (Lipinski definition) is 2. The lowest BCUT2D eigenvalue weighted by atomic mass is 9.86. The van der Waals surface area contributed by atoms with Gasteiger partial charge in [0.2, 0.25) is 0 Å². The molecule has 0 bridgehead atoms. The molecule has 134 valence electrons. The molecule has 0 saturated carbocycles. The maximum Gasteiger partial charge on any atom is 0.188 e. The number of hydrogen-bond donors (Lipinski definition) is 0. The van der Waals surface area contributed by atoms with Gasteiger partial charge in [0.15, 0.2) is 5.66 Å². The average molecular weight is 360 g/mol. The topological polar surface area (TPSA) is 15.6 Å². The summed E-state index contributed by atoms with van der Waals surface area (Å²) in [5, 5.41) is 0. The molecule has 0 amide bonds. The van der Waals surface area contributed by atoms with Gasteiger partial charge in [-0.2, -0.15) is 0 Å². The summed E-state index contributed by atoms with van der Waals surface area (Å²) in [5.41, 5.74) is 4.98. The van der Waals surface area contributed by atoms with Crippen molar-refractivity contribution >= 4 is 17.6 Å². The van der Waals surface area contributed by atoms with Crippen LogP contribution in [0.5, 0.6) is 0 Å². The lowest BCUT2D eigenvalue weighted by molar-refractivity contribution is 0.549. The minimum Gasteiger partial charge on any atom is -0.308 e. The largest absolute Gasteiger partial charge is 0.308 e. The van der Waals surface area contributed by atoms with E-state index in [-0.39, 0.29) is 0 Å². The Morgan fingerprint density at radius 1 is 0.536 bits per heavy atom. The highest BCUT2D eigenvalue weighted by molar-refractivity contribution is 5.94. The quantitative estimate of drug-likeness (QED) is 0.427. The fourth-order valence-electron chi connectivity index (χ4n) is 4.01. The van der Waals surface area contributed by atoms with Crippen LogP contribution in [0.2, 0.25) is 0 Å². The van der Waals surface area contributed by atoms with Crippen molar-refractivity contribution in [3.8, 4) is 0 Å². The van der Waals surface area contributed by atoms with Gasteiger partial charge in [0.05, 0.1) is 5.69 Å². The van der Waals surface area contributed by atoms with Crippen molar-refractivity contribution in [1.82, 2.24) is 0 Å². The molecule has 1 heterocycles. The highest BCUT2D eigenvalue weighted by Gasteiger charge is 2.43. The van der Waals surface area contributed by atoms with Crippen molar-refractivity contribution in [2.24, 2.45) is 4.99 Å². The van der Waals surface area contributed by atoms with Gasteiger partial charge in [-0.1, -0.05) is 97.1 Å². The zero-order valence-corrected chi connectivity index (χ0v) is 15.4. The first kappa shape index (κ1) is 16.5. The van der Waals surface area contributed by atoms with Crippen LogP contribution in [-0.2, 0) is 5.66 Å². The molecule has 0 fully saturated rings. The third-order valence-electron chi connectivity index (χ3n) is 5.26. The molecule has 0 atom stereocenters. The maximum absolute atomic E-state index is 5.20. The third-order valence-corrected chi connectivity index (χ3v) is 5.26. The van der Waals surface area contributed by atoms with E-state index in [4.69, 9.17) is 4.99 Å². The van der Waals surface area contributed by atoms with Gasteiger partial charge < -0.3 is 4.90 Å². The molecule has 0 aromatic heterocycles. The molecule has 1 aliphatic rings. The first-order valence-electron chi connectivity index (χ1n) is 9.50. The molecule has 4 aromatic carbocycles. The molecule has 0 saturated heterocycles. The number of fused-ring (bicyclic) bond motifs is 1. The van der Waals surface area contributed by atoms with Crippen molar-refractivity contribution in [3.63, 3.8) is 0 Å². The summed E-state index contributed by atoms with van der Waals surface area (Å²) in [6.07, 6.45) is 2.01. The number of anilines is 2. The van der Waals surface area contributed by atoms with Crippen molar-refractivity contribution < 1.29 is 0 Å². The van der Waals surface area contributed by atoms with Crippen molar-refractivity contribution in [2.75, 3.05) is 4.90 Å². The van der Waals surface area contributed by atoms with E-state index in [1.54, 1.807) is 0 Å². The van der Waals surface area contributed by atoms with Crippen LogP contribution in [-0.4, -0.2) is 6.21 Å². The summed E-state index contributed by atoms with van der Waals surface area (Å²) in [5.74, 6) is 0. The highest BCUT2D eigenvalue weighted by Crippen LogP contribution is 2.48. The summed E-state index contributed by atoms with van der Waals surface area (Å²) < 4.78 is 0. The Kier molecular flexibility index (Phi) is 4.02. The molecular weight excluding hydrogens is 340 g/mol. The molecule has 2 nitrogen and oxygen atoms in total. The van der Waals surface area contributed by atoms with E-state index in [1.807, 2.05) is 6.21 Å². The first-order chi connectivity index (χ1) is 13.9. The monoisotopic (exact) mass is 360 g/mol. The lowest BCUT2D eigenvalue weighted by Gasteiger charge is -2.46. The van der Waals surface area contributed by atoms with E-state index in [9.17, 15) is 0 Å². The molecule has 0 spiro atoms. The van der Waals surface area contributed by atoms with Crippen molar-refractivity contribution in [1.29, 1.82) is 0 Å². The van der Waals surface area contributed by atoms with E-state index < -0.39 is 5.66 Å². The van der Waals surface area contributed by atoms with Crippen LogP contribution in [0.25, 0.3) is 0 Å². The summed E-state index contributed by atoms with van der Waals surface area (Å²) in [4.78, 5) is 7.56. The maximum atomic E-state index is 5.20. The molecule has 4 aromatic rings. The SMILES string of the molecule is C1=NC(c2ccccc2)(c2ccccc2)N(c2ccccc2)c2ccccc21. The van der Waals surface area contributed by atoms with Crippen LogP contribution in [0.15, 0.2) is 120 Å². The highest BCUT2D eigenvalue weighted by atomic mass is 15.3. The average Bonchev–Trinajstić information content (AvgIpc) is 2.80. The predicted molar refractivity (Wildman–Crippen MR) is 116 cm³/mol. The number of rotatable bonds is 3. The molecule has 5 rings (SSSR count). The van der Waals surface area contributed by atoms with E-state index in [0.717, 1.165) is 28.1 Å². The standard InChI is InChI=1S/C26H20N2/c1-4-13-22(14-5-1)26(23-15-6-2-7-16-23)27-20-21-12-10-11-19-25(21)28(26)24-17-8-3-9-18-24/h1-20H. The van der Waals surface area contributed by atoms with Gasteiger partial charge in [0.25, 0.3) is 0 Å². The van der Waals surface area contributed by atoms with E-state index in [1.165, 1.54) is 0 Å². The van der Waals surface area contributed by atoms with Crippen LogP contribution in [0.3, 0.4) is 0 Å². The van der Waals surface area contributed by atoms with Gasteiger partial charge >= 0.3 is 0 Å². The Labute approximate surface area is 165 Å². The molecule has 0 N–H and O–H groups in total.